The van der Waals surface area contributed by atoms with Crippen molar-refractivity contribution in [3.63, 3.8) is 0 Å². The lowest BCUT2D eigenvalue weighted by molar-refractivity contribution is -0.115. The van der Waals surface area contributed by atoms with Gasteiger partial charge in [-0.2, -0.15) is 8.42 Å². The third-order valence-electron chi connectivity index (χ3n) is 2.86. The predicted octanol–water partition coefficient (Wildman–Crippen LogP) is 2.37. The van der Waals surface area contributed by atoms with Gasteiger partial charge >= 0.3 is 10.1 Å². The molecule has 0 aromatic heterocycles. The number of para-hydroxylation sites is 2. The molecule has 126 valence electrons. The van der Waals surface area contributed by atoms with Crippen molar-refractivity contribution in [1.29, 1.82) is 0 Å². The molecule has 2 aromatic rings. The summed E-state index contributed by atoms with van der Waals surface area (Å²) in [5, 5.41) is 5.04. The van der Waals surface area contributed by atoms with Gasteiger partial charge in [0.1, 0.15) is 4.90 Å². The molecule has 2 N–H and O–H groups in total. The van der Waals surface area contributed by atoms with Gasteiger partial charge in [0.2, 0.25) is 11.8 Å². The molecule has 0 aliphatic carbocycles. The van der Waals surface area contributed by atoms with Crippen molar-refractivity contribution in [3.8, 4) is 5.75 Å². The van der Waals surface area contributed by atoms with E-state index in [-0.39, 0.29) is 28.1 Å². The molecule has 0 unspecified atom stereocenters. The minimum Gasteiger partial charge on any atom is -0.377 e. The fraction of sp³-hybridized carbons (Fsp3) is 0.125. The first-order valence-corrected chi connectivity index (χ1v) is 8.37. The molecule has 0 heterocycles. The Morgan fingerprint density at radius 1 is 0.875 bits per heavy atom. The standard InChI is InChI=1S/C16H16N2O5S/c1-11(19)17-13-7-9-14(10-8-13)24(21,22)23-16-6-4-3-5-15(16)18-12(2)20/h3-10H,1-2H3,(H,17,19)(H,18,20). The van der Waals surface area contributed by atoms with E-state index in [0.717, 1.165) is 0 Å². The van der Waals surface area contributed by atoms with Crippen LogP contribution in [0.1, 0.15) is 13.8 Å². The monoisotopic (exact) mass is 348 g/mol. The summed E-state index contributed by atoms with van der Waals surface area (Å²) >= 11 is 0. The molecule has 2 rings (SSSR count). The Balaban J connectivity index is 2.25. The molecule has 0 aliphatic heterocycles. The maximum atomic E-state index is 12.4. The molecule has 8 heteroatoms. The lowest BCUT2D eigenvalue weighted by Crippen LogP contribution is -2.13. The summed E-state index contributed by atoms with van der Waals surface area (Å²) in [6.07, 6.45) is 0. The van der Waals surface area contributed by atoms with Crippen LogP contribution < -0.4 is 14.8 Å². The SMILES string of the molecule is CC(=O)Nc1ccc(S(=O)(=O)Oc2ccccc2NC(C)=O)cc1. The van der Waals surface area contributed by atoms with Crippen molar-refractivity contribution in [2.75, 3.05) is 10.6 Å². The van der Waals surface area contributed by atoms with Crippen molar-refractivity contribution >= 4 is 33.3 Å². The maximum absolute atomic E-state index is 12.4. The van der Waals surface area contributed by atoms with Gasteiger partial charge in [-0.1, -0.05) is 12.1 Å². The van der Waals surface area contributed by atoms with Crippen LogP contribution in [0.25, 0.3) is 0 Å². The van der Waals surface area contributed by atoms with Gasteiger partial charge in [0.05, 0.1) is 5.69 Å². The Morgan fingerprint density at radius 2 is 1.46 bits per heavy atom. The van der Waals surface area contributed by atoms with Gasteiger partial charge in [-0.15, -0.1) is 0 Å². The summed E-state index contributed by atoms with van der Waals surface area (Å²) < 4.78 is 29.8. The quantitative estimate of drug-likeness (QED) is 0.808. The topological polar surface area (TPSA) is 102 Å². The van der Waals surface area contributed by atoms with Crippen molar-refractivity contribution in [2.45, 2.75) is 18.7 Å². The second-order valence-corrected chi connectivity index (χ2v) is 6.47. The van der Waals surface area contributed by atoms with Crippen LogP contribution in [0, 0.1) is 0 Å². The van der Waals surface area contributed by atoms with Crippen LogP contribution in [0.4, 0.5) is 11.4 Å². The molecule has 0 saturated heterocycles. The lowest BCUT2D eigenvalue weighted by Gasteiger charge is -2.12. The van der Waals surface area contributed by atoms with E-state index in [0.29, 0.717) is 5.69 Å². The highest BCUT2D eigenvalue weighted by atomic mass is 32.2. The Morgan fingerprint density at radius 3 is 2.04 bits per heavy atom. The molecule has 2 aromatic carbocycles. The van der Waals surface area contributed by atoms with Crippen molar-refractivity contribution in [1.82, 2.24) is 0 Å². The highest BCUT2D eigenvalue weighted by molar-refractivity contribution is 7.87. The van der Waals surface area contributed by atoms with E-state index < -0.39 is 10.1 Å². The van der Waals surface area contributed by atoms with Crippen LogP contribution in [0.2, 0.25) is 0 Å². The van der Waals surface area contributed by atoms with E-state index in [9.17, 15) is 18.0 Å². The molecule has 0 aliphatic rings. The van der Waals surface area contributed by atoms with Crippen LogP contribution in [-0.4, -0.2) is 20.2 Å². The van der Waals surface area contributed by atoms with Crippen LogP contribution in [0.15, 0.2) is 53.4 Å². The van der Waals surface area contributed by atoms with Gasteiger partial charge in [0.25, 0.3) is 0 Å². The predicted molar refractivity (Wildman–Crippen MR) is 89.3 cm³/mol. The number of carbonyl (C=O) groups is 2. The summed E-state index contributed by atoms with van der Waals surface area (Å²) in [7, 11) is -4.08. The number of hydrogen-bond acceptors (Lipinski definition) is 5. The number of amides is 2. The second-order valence-electron chi connectivity index (χ2n) is 4.92. The normalized spacial score (nSPS) is 10.8. The van der Waals surface area contributed by atoms with Gasteiger partial charge in [-0.05, 0) is 36.4 Å². The van der Waals surface area contributed by atoms with Crippen molar-refractivity contribution < 1.29 is 22.2 Å². The molecular formula is C16H16N2O5S. The van der Waals surface area contributed by atoms with Crippen LogP contribution >= 0.6 is 0 Å². The number of carbonyl (C=O) groups excluding carboxylic acids is 2. The third-order valence-corrected chi connectivity index (χ3v) is 4.11. The summed E-state index contributed by atoms with van der Waals surface area (Å²) in [6.45, 7) is 2.67. The first-order valence-electron chi connectivity index (χ1n) is 6.97. The summed E-state index contributed by atoms with van der Waals surface area (Å²) in [5.74, 6) is -0.590. The number of hydrogen-bond donors (Lipinski definition) is 2. The van der Waals surface area contributed by atoms with Crippen LogP contribution in [-0.2, 0) is 19.7 Å². The second kappa shape index (κ2) is 7.14. The minimum absolute atomic E-state index is 0.0126. The van der Waals surface area contributed by atoms with E-state index in [1.165, 1.54) is 50.2 Å². The van der Waals surface area contributed by atoms with Gasteiger partial charge in [-0.25, -0.2) is 0 Å². The van der Waals surface area contributed by atoms with Crippen molar-refractivity contribution in [2.24, 2.45) is 0 Å². The number of benzene rings is 2. The van der Waals surface area contributed by atoms with Gasteiger partial charge in [0.15, 0.2) is 5.75 Å². The highest BCUT2D eigenvalue weighted by Crippen LogP contribution is 2.27. The summed E-state index contributed by atoms with van der Waals surface area (Å²) in [4.78, 5) is 22.1. The lowest BCUT2D eigenvalue weighted by atomic mass is 10.3. The maximum Gasteiger partial charge on any atom is 0.339 e. The zero-order valence-corrected chi connectivity index (χ0v) is 13.9. The molecular weight excluding hydrogens is 332 g/mol. The average Bonchev–Trinajstić information content (AvgIpc) is 2.48. The van der Waals surface area contributed by atoms with Gasteiger partial charge in [0, 0.05) is 19.5 Å². The molecule has 0 radical (unpaired) electrons. The Bertz CT molecular complexity index is 860. The Kier molecular flexibility index (Phi) is 5.20. The zero-order valence-electron chi connectivity index (χ0n) is 13.1. The van der Waals surface area contributed by atoms with E-state index in [1.807, 2.05) is 0 Å². The van der Waals surface area contributed by atoms with Crippen molar-refractivity contribution in [3.05, 3.63) is 48.5 Å². The van der Waals surface area contributed by atoms with E-state index in [2.05, 4.69) is 10.6 Å². The average molecular weight is 348 g/mol. The summed E-state index contributed by atoms with van der Waals surface area (Å²) in [5.41, 5.74) is 0.725. The first kappa shape index (κ1) is 17.5. The van der Waals surface area contributed by atoms with Gasteiger partial charge in [-0.3, -0.25) is 9.59 Å². The Labute approximate surface area is 139 Å². The zero-order chi connectivity index (χ0) is 17.7. The van der Waals surface area contributed by atoms with E-state index in [4.69, 9.17) is 4.18 Å². The molecule has 0 saturated carbocycles. The molecule has 0 bridgehead atoms. The molecule has 0 atom stereocenters. The number of rotatable bonds is 5. The largest absolute Gasteiger partial charge is 0.377 e. The number of anilines is 2. The van der Waals surface area contributed by atoms with Crippen LogP contribution in [0.5, 0.6) is 5.75 Å². The van der Waals surface area contributed by atoms with Crippen LogP contribution in [0.3, 0.4) is 0 Å². The summed E-state index contributed by atoms with van der Waals surface area (Å²) in [6, 6.07) is 11.8. The molecule has 24 heavy (non-hydrogen) atoms. The smallest absolute Gasteiger partial charge is 0.339 e. The Hall–Kier alpha value is -2.87. The van der Waals surface area contributed by atoms with E-state index >= 15 is 0 Å². The first-order chi connectivity index (χ1) is 11.3. The highest BCUT2D eigenvalue weighted by Gasteiger charge is 2.18. The molecule has 2 amide bonds. The molecule has 7 nitrogen and oxygen atoms in total. The van der Waals surface area contributed by atoms with E-state index in [1.54, 1.807) is 12.1 Å². The molecule has 0 spiro atoms. The fourth-order valence-corrected chi connectivity index (χ4v) is 2.85. The minimum atomic E-state index is -4.08. The van der Waals surface area contributed by atoms with Gasteiger partial charge < -0.3 is 14.8 Å². The molecule has 0 fully saturated rings. The number of nitrogens with one attached hydrogen (secondary N) is 2. The fourth-order valence-electron chi connectivity index (χ4n) is 1.91. The third kappa shape index (κ3) is 4.56.